The molecule has 24 heavy (non-hydrogen) atoms. The lowest BCUT2D eigenvalue weighted by atomic mass is 9.82. The lowest BCUT2D eigenvalue weighted by Gasteiger charge is -2.29. The van der Waals surface area contributed by atoms with Gasteiger partial charge in [-0.05, 0) is 55.6 Å². The maximum Gasteiger partial charge on any atom is 0.389 e. The van der Waals surface area contributed by atoms with Crippen LogP contribution in [0.5, 0.6) is 0 Å². The number of alkyl halides is 3. The van der Waals surface area contributed by atoms with Crippen molar-refractivity contribution in [3.8, 4) is 0 Å². The highest BCUT2D eigenvalue weighted by molar-refractivity contribution is 5.26. The van der Waals surface area contributed by atoms with Crippen molar-refractivity contribution in [1.29, 1.82) is 0 Å². The van der Waals surface area contributed by atoms with Gasteiger partial charge in [-0.15, -0.1) is 0 Å². The largest absolute Gasteiger partial charge is 0.389 e. The van der Waals surface area contributed by atoms with Crippen molar-refractivity contribution in [1.82, 2.24) is 0 Å². The van der Waals surface area contributed by atoms with E-state index in [-0.39, 0.29) is 6.42 Å². The first kappa shape index (κ1) is 19.3. The molecule has 0 aliphatic heterocycles. The molecular weight excluding hydrogens is 313 g/mol. The van der Waals surface area contributed by atoms with Crippen LogP contribution < -0.4 is 0 Å². The quantitative estimate of drug-likeness (QED) is 0.496. The summed E-state index contributed by atoms with van der Waals surface area (Å²) in [6.45, 7) is 3.07. The van der Waals surface area contributed by atoms with Gasteiger partial charge in [0.15, 0.2) is 0 Å². The lowest BCUT2D eigenvalue weighted by molar-refractivity contribution is -0.133. The zero-order valence-corrected chi connectivity index (χ0v) is 14.6. The Morgan fingerprint density at radius 3 is 2.25 bits per heavy atom. The SMILES string of the molecule is CCCCCOC1CCC(c2ccc(CCC(F)(F)F)cc2)CC1. The third-order valence-corrected chi connectivity index (χ3v) is 4.92. The number of aryl methyl sites for hydroxylation is 1. The number of rotatable bonds is 8. The highest BCUT2D eigenvalue weighted by Gasteiger charge is 2.26. The molecule has 0 saturated heterocycles. The van der Waals surface area contributed by atoms with Crippen LogP contribution >= 0.6 is 0 Å². The van der Waals surface area contributed by atoms with Crippen LogP contribution in [-0.2, 0) is 11.2 Å². The second-order valence-corrected chi connectivity index (χ2v) is 6.91. The fourth-order valence-corrected chi connectivity index (χ4v) is 3.41. The highest BCUT2D eigenvalue weighted by atomic mass is 19.4. The number of halogens is 3. The van der Waals surface area contributed by atoms with Gasteiger partial charge >= 0.3 is 6.18 Å². The Hall–Kier alpha value is -1.03. The second kappa shape index (κ2) is 9.45. The molecule has 2 rings (SSSR count). The van der Waals surface area contributed by atoms with Crippen LogP contribution in [0.3, 0.4) is 0 Å². The molecule has 4 heteroatoms. The van der Waals surface area contributed by atoms with Crippen LogP contribution in [0.15, 0.2) is 24.3 Å². The van der Waals surface area contributed by atoms with E-state index < -0.39 is 12.6 Å². The third-order valence-electron chi connectivity index (χ3n) is 4.92. The van der Waals surface area contributed by atoms with Crippen LogP contribution in [0, 0.1) is 0 Å². The highest BCUT2D eigenvalue weighted by Crippen LogP contribution is 2.34. The summed E-state index contributed by atoms with van der Waals surface area (Å²) in [6.07, 6.45) is 3.65. The van der Waals surface area contributed by atoms with Gasteiger partial charge in [0.1, 0.15) is 0 Å². The van der Waals surface area contributed by atoms with Gasteiger partial charge in [0.25, 0.3) is 0 Å². The minimum Gasteiger partial charge on any atom is -0.378 e. The molecule has 1 aromatic rings. The number of ether oxygens (including phenoxy) is 1. The zero-order chi connectivity index (χ0) is 17.4. The Kier molecular flexibility index (Phi) is 7.60. The van der Waals surface area contributed by atoms with Crippen molar-refractivity contribution < 1.29 is 17.9 Å². The van der Waals surface area contributed by atoms with Crippen LogP contribution in [0.2, 0.25) is 0 Å². The van der Waals surface area contributed by atoms with Crippen molar-refractivity contribution in [3.63, 3.8) is 0 Å². The molecule has 1 aliphatic rings. The summed E-state index contributed by atoms with van der Waals surface area (Å²) in [4.78, 5) is 0. The molecule has 0 atom stereocenters. The standard InChI is InChI=1S/C20H29F3O/c1-2-3-4-15-24-19-11-9-18(10-12-19)17-7-5-16(6-8-17)13-14-20(21,22)23/h5-8,18-19H,2-4,9-15H2,1H3. The number of hydrogen-bond donors (Lipinski definition) is 0. The van der Waals surface area contributed by atoms with Crippen molar-refractivity contribution in [3.05, 3.63) is 35.4 Å². The molecule has 0 N–H and O–H groups in total. The number of unbranched alkanes of at least 4 members (excludes halogenated alkanes) is 2. The maximum atomic E-state index is 12.3. The van der Waals surface area contributed by atoms with Crippen molar-refractivity contribution in [2.45, 2.75) is 82.9 Å². The van der Waals surface area contributed by atoms with E-state index in [1.807, 2.05) is 24.3 Å². The Labute approximate surface area is 143 Å². The average Bonchev–Trinajstić information content (AvgIpc) is 2.57. The van der Waals surface area contributed by atoms with E-state index in [4.69, 9.17) is 4.74 Å². The summed E-state index contributed by atoms with van der Waals surface area (Å²) >= 11 is 0. The first-order valence-electron chi connectivity index (χ1n) is 9.25. The lowest BCUT2D eigenvalue weighted by Crippen LogP contribution is -2.21. The van der Waals surface area contributed by atoms with Gasteiger partial charge in [-0.2, -0.15) is 13.2 Å². The summed E-state index contributed by atoms with van der Waals surface area (Å²) in [5.74, 6) is 0.525. The smallest absolute Gasteiger partial charge is 0.378 e. The maximum absolute atomic E-state index is 12.3. The van der Waals surface area contributed by atoms with Gasteiger partial charge in [0.2, 0.25) is 0 Å². The normalized spacial score (nSPS) is 21.8. The molecule has 0 amide bonds. The van der Waals surface area contributed by atoms with Gasteiger partial charge in [-0.1, -0.05) is 44.0 Å². The number of benzene rings is 1. The predicted octanol–water partition coefficient (Wildman–Crippen LogP) is 6.41. The predicted molar refractivity (Wildman–Crippen MR) is 91.3 cm³/mol. The minimum atomic E-state index is -4.08. The zero-order valence-electron chi connectivity index (χ0n) is 14.6. The van der Waals surface area contributed by atoms with E-state index in [9.17, 15) is 13.2 Å². The van der Waals surface area contributed by atoms with E-state index in [0.717, 1.165) is 44.3 Å². The Balaban J connectivity index is 1.73. The summed E-state index contributed by atoms with van der Waals surface area (Å²) in [5.41, 5.74) is 2.03. The van der Waals surface area contributed by atoms with Crippen LogP contribution in [0.4, 0.5) is 13.2 Å². The van der Waals surface area contributed by atoms with Crippen LogP contribution in [0.25, 0.3) is 0 Å². The molecule has 0 heterocycles. The molecular formula is C20H29F3O. The first-order valence-corrected chi connectivity index (χ1v) is 9.25. The van der Waals surface area contributed by atoms with E-state index in [1.54, 1.807) is 0 Å². The van der Waals surface area contributed by atoms with E-state index >= 15 is 0 Å². The van der Waals surface area contributed by atoms with Crippen LogP contribution in [-0.4, -0.2) is 18.9 Å². The summed E-state index contributed by atoms with van der Waals surface area (Å²) in [6, 6.07) is 7.74. The topological polar surface area (TPSA) is 9.23 Å². The van der Waals surface area contributed by atoms with E-state index in [1.165, 1.54) is 18.4 Å². The summed E-state index contributed by atoms with van der Waals surface area (Å²) in [7, 11) is 0. The molecule has 1 aromatic carbocycles. The molecule has 0 bridgehead atoms. The molecule has 0 unspecified atom stereocenters. The Morgan fingerprint density at radius 2 is 1.67 bits per heavy atom. The van der Waals surface area contributed by atoms with Gasteiger partial charge in [0, 0.05) is 13.0 Å². The number of hydrogen-bond acceptors (Lipinski definition) is 1. The molecule has 1 nitrogen and oxygen atoms in total. The second-order valence-electron chi connectivity index (χ2n) is 6.91. The first-order chi connectivity index (χ1) is 11.5. The van der Waals surface area contributed by atoms with Gasteiger partial charge < -0.3 is 4.74 Å². The molecule has 1 fully saturated rings. The third kappa shape index (κ3) is 6.84. The average molecular weight is 342 g/mol. The Morgan fingerprint density at radius 1 is 1.00 bits per heavy atom. The van der Waals surface area contributed by atoms with Gasteiger partial charge in [-0.25, -0.2) is 0 Å². The molecule has 1 aliphatic carbocycles. The fraction of sp³-hybridized carbons (Fsp3) is 0.700. The fourth-order valence-electron chi connectivity index (χ4n) is 3.41. The summed E-state index contributed by atoms with van der Waals surface area (Å²) < 4.78 is 42.7. The summed E-state index contributed by atoms with van der Waals surface area (Å²) in [5, 5.41) is 0. The van der Waals surface area contributed by atoms with E-state index in [2.05, 4.69) is 6.92 Å². The van der Waals surface area contributed by atoms with Crippen LogP contribution in [0.1, 0.15) is 75.3 Å². The van der Waals surface area contributed by atoms with Gasteiger partial charge in [-0.3, -0.25) is 0 Å². The molecule has 0 spiro atoms. The molecule has 0 aromatic heterocycles. The minimum absolute atomic E-state index is 0.0715. The van der Waals surface area contributed by atoms with E-state index in [0.29, 0.717) is 12.0 Å². The van der Waals surface area contributed by atoms with Gasteiger partial charge in [0.05, 0.1) is 6.10 Å². The molecule has 1 saturated carbocycles. The Bertz CT molecular complexity index is 459. The van der Waals surface area contributed by atoms with Crippen molar-refractivity contribution in [2.75, 3.05) is 6.61 Å². The monoisotopic (exact) mass is 342 g/mol. The van der Waals surface area contributed by atoms with Crippen molar-refractivity contribution in [2.24, 2.45) is 0 Å². The molecule has 0 radical (unpaired) electrons. The van der Waals surface area contributed by atoms with Crippen molar-refractivity contribution >= 4 is 0 Å². The molecule has 136 valence electrons.